The monoisotopic (exact) mass is 1190 g/mol. The topological polar surface area (TPSA) is 307 Å². The zero-order valence-corrected chi connectivity index (χ0v) is 50.9. The van der Waals surface area contributed by atoms with E-state index in [9.17, 15) is 61.0 Å². The summed E-state index contributed by atoms with van der Waals surface area (Å²) in [4.78, 5) is 13.3. The maximum absolute atomic E-state index is 13.3. The Kier molecular flexibility index (Phi) is 42.7. The molecule has 3 aliphatic rings. The summed E-state index contributed by atoms with van der Waals surface area (Å²) in [7, 11) is 0. The molecule has 0 aromatic carbocycles. The molecule has 0 bridgehead atoms. The zero-order chi connectivity index (χ0) is 60.5. The Hall–Kier alpha value is -1.99. The number of carbonyl (C=O) groups excluding carboxylic acids is 1. The van der Waals surface area contributed by atoms with E-state index in [4.69, 9.17) is 28.4 Å². The van der Waals surface area contributed by atoms with E-state index in [1.54, 1.807) is 6.08 Å². The van der Waals surface area contributed by atoms with Crippen molar-refractivity contribution in [3.05, 3.63) is 36.5 Å². The Labute approximate surface area is 498 Å². The SMILES string of the molecule is CCCCCCCCCCCCCCCCCC/C=C/CC/C=C/CC/C=C/C(O)C(COC1OC(CO)C(OC2OC(CO)C(OC3OC(CO)C(O)C(O)C3O)C(O)C2O)C(O)C1O)NC(=O)CCCCCCCCCCCCCC. The minimum absolute atomic E-state index is 0.234. The molecule has 83 heavy (non-hydrogen) atoms. The van der Waals surface area contributed by atoms with Gasteiger partial charge in [-0.1, -0.05) is 217 Å². The summed E-state index contributed by atoms with van der Waals surface area (Å²) in [6.45, 7) is 1.70. The smallest absolute Gasteiger partial charge is 0.220 e. The van der Waals surface area contributed by atoms with Crippen molar-refractivity contribution in [2.24, 2.45) is 0 Å². The first-order valence-electron chi connectivity index (χ1n) is 32.7. The molecular formula is C64H117NO18. The van der Waals surface area contributed by atoms with Gasteiger partial charge in [-0.2, -0.15) is 0 Å². The van der Waals surface area contributed by atoms with Crippen LogP contribution in [-0.2, 0) is 33.2 Å². The molecule has 0 aromatic heterocycles. The van der Waals surface area contributed by atoms with Crippen molar-refractivity contribution >= 4 is 5.91 Å². The van der Waals surface area contributed by atoms with Crippen LogP contribution in [0.25, 0.3) is 0 Å². The summed E-state index contributed by atoms with van der Waals surface area (Å²) in [5, 5.41) is 120. The van der Waals surface area contributed by atoms with E-state index in [-0.39, 0.29) is 18.9 Å². The minimum atomic E-state index is -1.98. The van der Waals surface area contributed by atoms with Crippen LogP contribution < -0.4 is 5.32 Å². The van der Waals surface area contributed by atoms with Crippen LogP contribution >= 0.6 is 0 Å². The number of hydrogen-bond donors (Lipinski definition) is 12. The summed E-state index contributed by atoms with van der Waals surface area (Å²) in [6.07, 6.45) is 25.7. The van der Waals surface area contributed by atoms with Gasteiger partial charge in [0.15, 0.2) is 18.9 Å². The Morgan fingerprint density at radius 3 is 1.20 bits per heavy atom. The molecule has 3 aliphatic heterocycles. The molecule has 1 amide bonds. The molecule has 17 unspecified atom stereocenters. The van der Waals surface area contributed by atoms with Crippen LogP contribution in [0.1, 0.15) is 232 Å². The third-order valence-electron chi connectivity index (χ3n) is 16.4. The third-order valence-corrected chi connectivity index (χ3v) is 16.4. The largest absolute Gasteiger partial charge is 0.394 e. The van der Waals surface area contributed by atoms with E-state index in [0.29, 0.717) is 12.8 Å². The molecule has 17 atom stereocenters. The van der Waals surface area contributed by atoms with Gasteiger partial charge in [0.05, 0.1) is 38.6 Å². The van der Waals surface area contributed by atoms with E-state index < -0.39 is 124 Å². The summed E-state index contributed by atoms with van der Waals surface area (Å²) in [6, 6.07) is -0.993. The summed E-state index contributed by atoms with van der Waals surface area (Å²) < 4.78 is 34.2. The molecular weight excluding hydrogens is 1070 g/mol. The van der Waals surface area contributed by atoms with Crippen LogP contribution in [-0.4, -0.2) is 193 Å². The molecule has 0 radical (unpaired) electrons. The van der Waals surface area contributed by atoms with E-state index in [1.807, 2.05) is 6.08 Å². The maximum Gasteiger partial charge on any atom is 0.220 e. The molecule has 3 saturated heterocycles. The number of rotatable bonds is 49. The number of aliphatic hydroxyl groups is 11. The van der Waals surface area contributed by atoms with Crippen molar-refractivity contribution in [3.8, 4) is 0 Å². The lowest BCUT2D eigenvalue weighted by Crippen LogP contribution is -2.66. The fourth-order valence-electron chi connectivity index (χ4n) is 11.0. The lowest BCUT2D eigenvalue weighted by molar-refractivity contribution is -0.379. The average Bonchev–Trinajstić information content (AvgIpc) is 3.26. The van der Waals surface area contributed by atoms with Gasteiger partial charge in [-0.25, -0.2) is 0 Å². The molecule has 0 aliphatic carbocycles. The Balaban J connectivity index is 1.46. The number of aliphatic hydroxyl groups excluding tert-OH is 11. The number of carbonyl (C=O) groups is 1. The van der Waals surface area contributed by atoms with Gasteiger partial charge in [0.25, 0.3) is 0 Å². The van der Waals surface area contributed by atoms with Crippen LogP contribution in [0.2, 0.25) is 0 Å². The second kappa shape index (κ2) is 47.1. The van der Waals surface area contributed by atoms with E-state index in [2.05, 4.69) is 43.5 Å². The molecule has 3 heterocycles. The van der Waals surface area contributed by atoms with Crippen LogP contribution in [0.5, 0.6) is 0 Å². The van der Waals surface area contributed by atoms with Crippen LogP contribution in [0.4, 0.5) is 0 Å². The van der Waals surface area contributed by atoms with Gasteiger partial charge in [0, 0.05) is 6.42 Å². The first-order valence-corrected chi connectivity index (χ1v) is 32.7. The Morgan fingerprint density at radius 1 is 0.422 bits per heavy atom. The van der Waals surface area contributed by atoms with Crippen LogP contribution in [0.15, 0.2) is 36.5 Å². The Bertz CT molecular complexity index is 1660. The van der Waals surface area contributed by atoms with Gasteiger partial charge in [0.1, 0.15) is 73.2 Å². The molecule has 0 saturated carbocycles. The van der Waals surface area contributed by atoms with Gasteiger partial charge in [0.2, 0.25) is 5.91 Å². The highest BCUT2D eigenvalue weighted by Crippen LogP contribution is 2.33. The molecule has 3 fully saturated rings. The van der Waals surface area contributed by atoms with E-state index in [0.717, 1.165) is 44.9 Å². The molecule has 3 rings (SSSR count). The number of unbranched alkanes of at least 4 members (excludes halogenated alkanes) is 29. The molecule has 19 heteroatoms. The highest BCUT2D eigenvalue weighted by Gasteiger charge is 2.53. The van der Waals surface area contributed by atoms with Crippen molar-refractivity contribution in [1.82, 2.24) is 5.32 Å². The maximum atomic E-state index is 13.3. The van der Waals surface area contributed by atoms with Gasteiger partial charge in [-0.3, -0.25) is 4.79 Å². The fourth-order valence-corrected chi connectivity index (χ4v) is 11.0. The predicted molar refractivity (Wildman–Crippen MR) is 319 cm³/mol. The van der Waals surface area contributed by atoms with E-state index >= 15 is 0 Å². The number of nitrogens with one attached hydrogen (secondary N) is 1. The van der Waals surface area contributed by atoms with Crippen molar-refractivity contribution in [1.29, 1.82) is 0 Å². The van der Waals surface area contributed by atoms with Crippen LogP contribution in [0, 0.1) is 0 Å². The first kappa shape index (κ1) is 75.3. The normalized spacial score (nSPS) is 29.6. The molecule has 0 aromatic rings. The van der Waals surface area contributed by atoms with Gasteiger partial charge >= 0.3 is 0 Å². The average molecular weight is 1190 g/mol. The standard InChI is InChI=1S/C64H117NO18/c1-3-5-7-9-11-13-15-17-18-19-20-21-22-23-24-25-26-27-28-29-30-31-33-35-37-39-41-48(69)47(65-52(70)42-40-38-36-34-32-16-14-12-10-8-6-4-2)46-78-62-58(76)55(73)60(50(44-67)80-62)83-64-59(77)56(74)61(51(45-68)81-64)82-63-57(75)54(72)53(71)49(43-66)79-63/h27-28,31,33,39,41,47-51,53-64,66-69,71-77H,3-26,29-30,32,34-38,40,42-46H2,1-2H3,(H,65,70)/b28-27+,33-31+,41-39+. The van der Waals surface area contributed by atoms with Crippen molar-refractivity contribution in [3.63, 3.8) is 0 Å². The van der Waals surface area contributed by atoms with Gasteiger partial charge in [-0.15, -0.1) is 0 Å². The molecule has 12 N–H and O–H groups in total. The van der Waals surface area contributed by atoms with Crippen molar-refractivity contribution in [2.75, 3.05) is 26.4 Å². The first-order chi connectivity index (χ1) is 40.3. The summed E-state index contributed by atoms with van der Waals surface area (Å²) in [5.74, 6) is -0.290. The third kappa shape index (κ3) is 30.2. The lowest BCUT2D eigenvalue weighted by Gasteiger charge is -2.48. The van der Waals surface area contributed by atoms with E-state index in [1.165, 1.54) is 154 Å². The summed E-state index contributed by atoms with van der Waals surface area (Å²) in [5.41, 5.74) is 0. The Morgan fingerprint density at radius 2 is 0.771 bits per heavy atom. The number of allylic oxidation sites excluding steroid dienone is 5. The zero-order valence-electron chi connectivity index (χ0n) is 50.9. The minimum Gasteiger partial charge on any atom is -0.394 e. The number of hydrogen-bond acceptors (Lipinski definition) is 18. The molecule has 19 nitrogen and oxygen atoms in total. The quantitative estimate of drug-likeness (QED) is 0.0211. The number of amides is 1. The van der Waals surface area contributed by atoms with Crippen molar-refractivity contribution < 1.29 is 89.4 Å². The second-order valence-corrected chi connectivity index (χ2v) is 23.6. The highest BCUT2D eigenvalue weighted by molar-refractivity contribution is 5.76. The highest BCUT2D eigenvalue weighted by atomic mass is 16.8. The molecule has 486 valence electrons. The number of ether oxygens (including phenoxy) is 6. The second-order valence-electron chi connectivity index (χ2n) is 23.6. The predicted octanol–water partition coefficient (Wildman–Crippen LogP) is 7.27. The van der Waals surface area contributed by atoms with Crippen molar-refractivity contribution in [2.45, 2.75) is 336 Å². The van der Waals surface area contributed by atoms with Crippen LogP contribution in [0.3, 0.4) is 0 Å². The lowest BCUT2D eigenvalue weighted by atomic mass is 9.96. The van der Waals surface area contributed by atoms with Gasteiger partial charge in [-0.05, 0) is 44.9 Å². The molecule has 0 spiro atoms. The fraction of sp³-hybridized carbons (Fsp3) is 0.891. The van der Waals surface area contributed by atoms with Gasteiger partial charge < -0.3 is 89.9 Å². The summed E-state index contributed by atoms with van der Waals surface area (Å²) >= 11 is 0.